The number of carbonyl (C=O) groups excluding carboxylic acids is 1. The molecule has 2 heterocycles. The fourth-order valence-corrected chi connectivity index (χ4v) is 2.55. The molecule has 0 fully saturated rings. The molecular formula is C13H12N4OS. The van der Waals surface area contributed by atoms with E-state index in [9.17, 15) is 4.79 Å². The Morgan fingerprint density at radius 3 is 2.95 bits per heavy atom. The van der Waals surface area contributed by atoms with E-state index < -0.39 is 0 Å². The van der Waals surface area contributed by atoms with Crippen molar-refractivity contribution in [2.75, 3.05) is 0 Å². The first-order valence-electron chi connectivity index (χ1n) is 6.04. The normalized spacial score (nSPS) is 11.0. The summed E-state index contributed by atoms with van der Waals surface area (Å²) in [6, 6.07) is 7.97. The summed E-state index contributed by atoms with van der Waals surface area (Å²) >= 11 is 1.12. The van der Waals surface area contributed by atoms with E-state index in [0.29, 0.717) is 4.88 Å². The molecule has 0 unspecified atom stereocenters. The number of hydrogen-bond acceptors (Lipinski definition) is 5. The van der Waals surface area contributed by atoms with Crippen molar-refractivity contribution in [1.29, 1.82) is 0 Å². The molecule has 0 saturated carbocycles. The van der Waals surface area contributed by atoms with Crippen molar-refractivity contribution in [2.24, 2.45) is 0 Å². The average Bonchev–Trinajstić information content (AvgIpc) is 3.07. The van der Waals surface area contributed by atoms with Gasteiger partial charge in [0.15, 0.2) is 5.78 Å². The fourth-order valence-electron chi connectivity index (χ4n) is 2.10. The molecule has 0 radical (unpaired) electrons. The number of carbonyl (C=O) groups is 1. The van der Waals surface area contributed by atoms with Gasteiger partial charge in [-0.2, -0.15) is 5.10 Å². The minimum absolute atomic E-state index is 0.0153. The Morgan fingerprint density at radius 1 is 1.37 bits per heavy atom. The van der Waals surface area contributed by atoms with Gasteiger partial charge in [-0.1, -0.05) is 22.7 Å². The van der Waals surface area contributed by atoms with Gasteiger partial charge in [-0.15, -0.1) is 5.10 Å². The molecule has 0 amide bonds. The zero-order valence-electron chi connectivity index (χ0n) is 10.4. The monoisotopic (exact) mass is 272 g/mol. The summed E-state index contributed by atoms with van der Waals surface area (Å²) in [6.45, 7) is 2.83. The van der Waals surface area contributed by atoms with Crippen molar-refractivity contribution in [3.8, 4) is 0 Å². The maximum absolute atomic E-state index is 12.1. The van der Waals surface area contributed by atoms with Gasteiger partial charge >= 0.3 is 0 Å². The quantitative estimate of drug-likeness (QED) is 0.684. The largest absolute Gasteiger partial charge is 0.293 e. The summed E-state index contributed by atoms with van der Waals surface area (Å²) in [5, 5.41) is 9.25. The number of aromatic nitrogens is 4. The molecule has 0 aliphatic heterocycles. The lowest BCUT2D eigenvalue weighted by Gasteiger charge is -1.95. The molecule has 0 aliphatic rings. The molecule has 0 atom stereocenters. The van der Waals surface area contributed by atoms with E-state index in [1.165, 1.54) is 6.20 Å². The van der Waals surface area contributed by atoms with Crippen LogP contribution in [0.1, 0.15) is 22.3 Å². The molecule has 6 heteroatoms. The van der Waals surface area contributed by atoms with E-state index in [4.69, 9.17) is 0 Å². The molecule has 0 saturated heterocycles. The number of aryl methyl sites for hydroxylation is 1. The van der Waals surface area contributed by atoms with Gasteiger partial charge < -0.3 is 0 Å². The Bertz CT molecular complexity index is 717. The molecule has 3 aromatic rings. The Kier molecular flexibility index (Phi) is 3.08. The van der Waals surface area contributed by atoms with E-state index in [-0.39, 0.29) is 12.2 Å². The van der Waals surface area contributed by atoms with Crippen LogP contribution < -0.4 is 0 Å². The molecule has 1 aromatic carbocycles. The highest BCUT2D eigenvalue weighted by atomic mass is 32.1. The highest BCUT2D eigenvalue weighted by molar-refractivity contribution is 7.07. The van der Waals surface area contributed by atoms with E-state index in [0.717, 1.165) is 34.7 Å². The lowest BCUT2D eigenvalue weighted by atomic mass is 10.1. The molecule has 3 rings (SSSR count). The van der Waals surface area contributed by atoms with Crippen molar-refractivity contribution in [1.82, 2.24) is 19.4 Å². The molecule has 2 aromatic heterocycles. The number of rotatable bonds is 4. The maximum Gasteiger partial charge on any atom is 0.182 e. The van der Waals surface area contributed by atoms with Crippen LogP contribution in [-0.4, -0.2) is 25.2 Å². The summed E-state index contributed by atoms with van der Waals surface area (Å²) in [5.41, 5.74) is 1.88. The second-order valence-corrected chi connectivity index (χ2v) is 4.95. The Balaban J connectivity index is 1.99. The highest BCUT2D eigenvalue weighted by Gasteiger charge is 2.15. The van der Waals surface area contributed by atoms with Crippen molar-refractivity contribution in [2.45, 2.75) is 19.9 Å². The van der Waals surface area contributed by atoms with Crippen LogP contribution in [0.15, 0.2) is 30.5 Å². The van der Waals surface area contributed by atoms with E-state index in [1.807, 2.05) is 35.9 Å². The smallest absolute Gasteiger partial charge is 0.182 e. The van der Waals surface area contributed by atoms with Crippen LogP contribution in [0.25, 0.3) is 10.9 Å². The van der Waals surface area contributed by atoms with Crippen LogP contribution in [0, 0.1) is 0 Å². The molecule has 19 heavy (non-hydrogen) atoms. The average molecular weight is 272 g/mol. The summed E-state index contributed by atoms with van der Waals surface area (Å²) in [4.78, 5) is 12.7. The first kappa shape index (κ1) is 12.0. The Hall–Kier alpha value is -2.08. The Labute approximate surface area is 114 Å². The van der Waals surface area contributed by atoms with Gasteiger partial charge in [0.05, 0.1) is 23.8 Å². The molecule has 0 N–H and O–H groups in total. The van der Waals surface area contributed by atoms with Gasteiger partial charge in [0, 0.05) is 11.9 Å². The number of ketones is 1. The van der Waals surface area contributed by atoms with E-state index >= 15 is 0 Å². The summed E-state index contributed by atoms with van der Waals surface area (Å²) < 4.78 is 5.63. The highest BCUT2D eigenvalue weighted by Crippen LogP contribution is 2.20. The third-order valence-electron chi connectivity index (χ3n) is 3.00. The second kappa shape index (κ2) is 4.89. The molecular weight excluding hydrogens is 260 g/mol. The number of hydrogen-bond donors (Lipinski definition) is 0. The third-order valence-corrected chi connectivity index (χ3v) is 3.70. The predicted octanol–water partition coefficient (Wildman–Crippen LogP) is 2.33. The van der Waals surface area contributed by atoms with Crippen molar-refractivity contribution in [3.05, 3.63) is 41.0 Å². The van der Waals surface area contributed by atoms with Crippen molar-refractivity contribution < 1.29 is 4.79 Å². The zero-order valence-corrected chi connectivity index (χ0v) is 11.2. The lowest BCUT2D eigenvalue weighted by Crippen LogP contribution is -2.03. The van der Waals surface area contributed by atoms with Crippen LogP contribution in [0.4, 0.5) is 0 Å². The van der Waals surface area contributed by atoms with Crippen LogP contribution in [0.5, 0.6) is 0 Å². The van der Waals surface area contributed by atoms with Crippen LogP contribution in [0.2, 0.25) is 0 Å². The van der Waals surface area contributed by atoms with Gasteiger partial charge in [-0.3, -0.25) is 9.48 Å². The summed E-state index contributed by atoms with van der Waals surface area (Å²) in [7, 11) is 0. The SMILES string of the molecule is CCn1nc(CC(=O)c2cnns2)c2ccccc21. The Morgan fingerprint density at radius 2 is 2.21 bits per heavy atom. The molecule has 0 bridgehead atoms. The maximum atomic E-state index is 12.1. The minimum atomic E-state index is 0.0153. The van der Waals surface area contributed by atoms with E-state index in [1.54, 1.807) is 0 Å². The van der Waals surface area contributed by atoms with Crippen LogP contribution in [0.3, 0.4) is 0 Å². The minimum Gasteiger partial charge on any atom is -0.293 e. The molecule has 5 nitrogen and oxygen atoms in total. The summed E-state index contributed by atoms with van der Waals surface area (Å²) in [5.74, 6) is 0.0153. The predicted molar refractivity (Wildman–Crippen MR) is 73.4 cm³/mol. The third kappa shape index (κ3) is 2.15. The van der Waals surface area contributed by atoms with Gasteiger partial charge in [0.25, 0.3) is 0 Å². The molecule has 96 valence electrons. The van der Waals surface area contributed by atoms with Gasteiger partial charge in [0.2, 0.25) is 0 Å². The number of Topliss-reactive ketones (excluding diaryl/α,β-unsaturated/α-hetero) is 1. The lowest BCUT2D eigenvalue weighted by molar-refractivity contribution is 0.0995. The standard InChI is InChI=1S/C13H12N4OS/c1-2-17-11-6-4-3-5-9(11)10(15-17)7-12(18)13-8-14-16-19-13/h3-6,8H,2,7H2,1H3. The molecule has 0 aliphatic carbocycles. The first-order valence-corrected chi connectivity index (χ1v) is 6.82. The van der Waals surface area contributed by atoms with Crippen LogP contribution in [-0.2, 0) is 13.0 Å². The summed E-state index contributed by atoms with van der Waals surface area (Å²) in [6.07, 6.45) is 1.80. The van der Waals surface area contributed by atoms with E-state index in [2.05, 4.69) is 14.7 Å². The number of benzene rings is 1. The van der Waals surface area contributed by atoms with Crippen molar-refractivity contribution in [3.63, 3.8) is 0 Å². The number of fused-ring (bicyclic) bond motifs is 1. The fraction of sp³-hybridized carbons (Fsp3) is 0.231. The topological polar surface area (TPSA) is 60.7 Å². The second-order valence-electron chi connectivity index (χ2n) is 4.16. The van der Waals surface area contributed by atoms with Gasteiger partial charge in [-0.05, 0) is 24.5 Å². The van der Waals surface area contributed by atoms with Crippen LogP contribution >= 0.6 is 11.5 Å². The van der Waals surface area contributed by atoms with Gasteiger partial charge in [-0.25, -0.2) is 0 Å². The molecule has 0 spiro atoms. The van der Waals surface area contributed by atoms with Gasteiger partial charge in [0.1, 0.15) is 4.88 Å². The van der Waals surface area contributed by atoms with Crippen molar-refractivity contribution >= 4 is 28.2 Å². The number of nitrogens with zero attached hydrogens (tertiary/aromatic N) is 4. The first-order chi connectivity index (χ1) is 9.29. The number of para-hydroxylation sites is 1. The zero-order chi connectivity index (χ0) is 13.2.